The molecular formula is C14H20N2O2. The van der Waals surface area contributed by atoms with Crippen LogP contribution in [0.1, 0.15) is 35.1 Å². The minimum absolute atomic E-state index is 0.330. The predicted molar refractivity (Wildman–Crippen MR) is 71.2 cm³/mol. The highest BCUT2D eigenvalue weighted by atomic mass is 16.4. The van der Waals surface area contributed by atoms with Gasteiger partial charge in [-0.2, -0.15) is 0 Å². The minimum Gasteiger partial charge on any atom is -0.478 e. The maximum absolute atomic E-state index is 11.4. The van der Waals surface area contributed by atoms with Crippen LogP contribution in [0.2, 0.25) is 0 Å². The van der Waals surface area contributed by atoms with Gasteiger partial charge in [0.05, 0.1) is 11.4 Å². The summed E-state index contributed by atoms with van der Waals surface area (Å²) in [7, 11) is 1.96. The fraction of sp³-hybridized carbons (Fsp3) is 0.571. The zero-order chi connectivity index (χ0) is 13.4. The number of pyridine rings is 1. The second-order valence-electron chi connectivity index (χ2n) is 5.40. The summed E-state index contributed by atoms with van der Waals surface area (Å²) in [6, 6.07) is 1.86. The smallest absolute Gasteiger partial charge is 0.339 e. The highest BCUT2D eigenvalue weighted by molar-refractivity contribution is 5.95. The van der Waals surface area contributed by atoms with Gasteiger partial charge in [0.1, 0.15) is 5.56 Å². The first-order valence-corrected chi connectivity index (χ1v) is 6.32. The summed E-state index contributed by atoms with van der Waals surface area (Å²) in [5.41, 5.74) is 2.57. The first kappa shape index (κ1) is 12.9. The van der Waals surface area contributed by atoms with Crippen molar-refractivity contribution >= 4 is 11.7 Å². The Morgan fingerprint density at radius 2 is 2.17 bits per heavy atom. The SMILES string of the molecule is Cc1cc(N(C)CC2CC2C)c(C(=O)O)c(C)n1. The standard InChI is InChI=1S/C14H20N2O2/c1-8-5-11(8)7-16(4)12-6-9(2)15-10(3)13(12)14(17)18/h6,8,11H,5,7H2,1-4H3,(H,17,18). The molecule has 1 aromatic heterocycles. The van der Waals surface area contributed by atoms with Gasteiger partial charge in [-0.15, -0.1) is 0 Å². The van der Waals surface area contributed by atoms with Crippen molar-refractivity contribution in [3.63, 3.8) is 0 Å². The van der Waals surface area contributed by atoms with Crippen LogP contribution in [0.5, 0.6) is 0 Å². The second kappa shape index (κ2) is 4.59. The van der Waals surface area contributed by atoms with Crippen LogP contribution < -0.4 is 4.90 Å². The summed E-state index contributed by atoms with van der Waals surface area (Å²) in [4.78, 5) is 17.7. The van der Waals surface area contributed by atoms with Gasteiger partial charge in [0.15, 0.2) is 0 Å². The van der Waals surface area contributed by atoms with Crippen LogP contribution in [-0.2, 0) is 0 Å². The Hall–Kier alpha value is -1.58. The van der Waals surface area contributed by atoms with Crippen molar-refractivity contribution in [2.75, 3.05) is 18.5 Å². The molecule has 18 heavy (non-hydrogen) atoms. The van der Waals surface area contributed by atoms with Gasteiger partial charge in [-0.1, -0.05) is 6.92 Å². The number of carboxylic acid groups (broad SMARTS) is 1. The number of carboxylic acids is 1. The van der Waals surface area contributed by atoms with E-state index >= 15 is 0 Å². The van der Waals surface area contributed by atoms with Crippen molar-refractivity contribution in [2.45, 2.75) is 27.2 Å². The van der Waals surface area contributed by atoms with Gasteiger partial charge in [0, 0.05) is 19.3 Å². The lowest BCUT2D eigenvalue weighted by Crippen LogP contribution is -2.24. The number of aryl methyl sites for hydroxylation is 2. The van der Waals surface area contributed by atoms with Crippen LogP contribution >= 0.6 is 0 Å². The Morgan fingerprint density at radius 1 is 1.56 bits per heavy atom. The third kappa shape index (κ3) is 2.47. The summed E-state index contributed by atoms with van der Waals surface area (Å²) in [6.07, 6.45) is 1.25. The second-order valence-corrected chi connectivity index (χ2v) is 5.40. The van der Waals surface area contributed by atoms with E-state index in [1.165, 1.54) is 6.42 Å². The maximum Gasteiger partial charge on any atom is 0.339 e. The van der Waals surface area contributed by atoms with Gasteiger partial charge in [-0.3, -0.25) is 4.98 Å². The van der Waals surface area contributed by atoms with Crippen molar-refractivity contribution in [3.05, 3.63) is 23.0 Å². The van der Waals surface area contributed by atoms with Crippen molar-refractivity contribution in [3.8, 4) is 0 Å². The van der Waals surface area contributed by atoms with E-state index < -0.39 is 5.97 Å². The van der Waals surface area contributed by atoms with Gasteiger partial charge in [0.2, 0.25) is 0 Å². The monoisotopic (exact) mass is 248 g/mol. The first-order chi connectivity index (χ1) is 8.40. The van der Waals surface area contributed by atoms with Crippen molar-refractivity contribution in [1.82, 2.24) is 4.98 Å². The van der Waals surface area contributed by atoms with E-state index in [1.54, 1.807) is 6.92 Å². The highest BCUT2D eigenvalue weighted by Gasteiger charge is 2.34. The third-order valence-corrected chi connectivity index (χ3v) is 3.72. The van der Waals surface area contributed by atoms with E-state index in [-0.39, 0.29) is 0 Å². The number of hydrogen-bond acceptors (Lipinski definition) is 3. The summed E-state index contributed by atoms with van der Waals surface area (Å²) in [6.45, 7) is 6.81. The van der Waals surface area contributed by atoms with Crippen LogP contribution in [0.3, 0.4) is 0 Å². The highest BCUT2D eigenvalue weighted by Crippen LogP contribution is 2.39. The molecule has 98 valence electrons. The average Bonchev–Trinajstić information content (AvgIpc) is 2.92. The summed E-state index contributed by atoms with van der Waals surface area (Å²) < 4.78 is 0. The fourth-order valence-corrected chi connectivity index (χ4v) is 2.48. The molecule has 1 N–H and O–H groups in total. The van der Waals surface area contributed by atoms with E-state index in [2.05, 4.69) is 16.8 Å². The largest absolute Gasteiger partial charge is 0.478 e. The lowest BCUT2D eigenvalue weighted by molar-refractivity contribution is 0.0696. The molecule has 4 nitrogen and oxygen atoms in total. The molecule has 2 atom stereocenters. The quantitative estimate of drug-likeness (QED) is 0.889. The van der Waals surface area contributed by atoms with Crippen LogP contribution in [0.4, 0.5) is 5.69 Å². The van der Waals surface area contributed by atoms with Crippen molar-refractivity contribution < 1.29 is 9.90 Å². The molecule has 0 radical (unpaired) electrons. The molecule has 1 fully saturated rings. The lowest BCUT2D eigenvalue weighted by atomic mass is 10.1. The number of aromatic carboxylic acids is 1. The molecule has 0 saturated heterocycles. The molecule has 4 heteroatoms. The Balaban J connectivity index is 2.32. The minimum atomic E-state index is -0.898. The van der Waals surface area contributed by atoms with Crippen LogP contribution in [0.25, 0.3) is 0 Å². The Morgan fingerprint density at radius 3 is 2.67 bits per heavy atom. The molecule has 1 aliphatic rings. The van der Waals surface area contributed by atoms with E-state index in [1.807, 2.05) is 20.0 Å². The van der Waals surface area contributed by atoms with Crippen LogP contribution in [0, 0.1) is 25.7 Å². The summed E-state index contributed by atoms with van der Waals surface area (Å²) >= 11 is 0. The summed E-state index contributed by atoms with van der Waals surface area (Å²) in [5.74, 6) is 0.570. The van der Waals surface area contributed by atoms with Crippen molar-refractivity contribution in [2.24, 2.45) is 11.8 Å². The first-order valence-electron chi connectivity index (χ1n) is 6.32. The molecule has 0 spiro atoms. The van der Waals surface area contributed by atoms with E-state index in [0.717, 1.165) is 23.8 Å². The number of rotatable bonds is 4. The van der Waals surface area contributed by atoms with Gasteiger partial charge in [-0.05, 0) is 38.2 Å². The molecule has 2 rings (SSSR count). The fourth-order valence-electron chi connectivity index (χ4n) is 2.48. The number of carbonyl (C=O) groups is 1. The van der Waals surface area contributed by atoms with E-state index in [9.17, 15) is 9.90 Å². The molecule has 1 saturated carbocycles. The van der Waals surface area contributed by atoms with Gasteiger partial charge in [0.25, 0.3) is 0 Å². The van der Waals surface area contributed by atoms with Crippen LogP contribution in [-0.4, -0.2) is 29.7 Å². The average molecular weight is 248 g/mol. The topological polar surface area (TPSA) is 53.4 Å². The molecule has 1 aliphatic carbocycles. The molecule has 0 amide bonds. The molecule has 2 unspecified atom stereocenters. The normalized spacial score (nSPS) is 21.8. The molecule has 0 bridgehead atoms. The third-order valence-electron chi connectivity index (χ3n) is 3.72. The van der Waals surface area contributed by atoms with Gasteiger partial charge < -0.3 is 10.0 Å². The molecule has 1 aromatic rings. The Kier molecular flexibility index (Phi) is 3.28. The number of hydrogen-bond donors (Lipinski definition) is 1. The Bertz CT molecular complexity index is 485. The van der Waals surface area contributed by atoms with E-state index in [4.69, 9.17) is 0 Å². The number of anilines is 1. The summed E-state index contributed by atoms with van der Waals surface area (Å²) in [5, 5.41) is 9.32. The van der Waals surface area contributed by atoms with Crippen LogP contribution in [0.15, 0.2) is 6.07 Å². The molecule has 0 aromatic carbocycles. The number of aromatic nitrogens is 1. The van der Waals surface area contributed by atoms with Crippen molar-refractivity contribution in [1.29, 1.82) is 0 Å². The zero-order valence-electron chi connectivity index (χ0n) is 11.4. The van der Waals surface area contributed by atoms with E-state index in [0.29, 0.717) is 17.2 Å². The molecule has 1 heterocycles. The maximum atomic E-state index is 11.4. The van der Waals surface area contributed by atoms with Gasteiger partial charge in [-0.25, -0.2) is 4.79 Å². The lowest BCUT2D eigenvalue weighted by Gasteiger charge is -2.22. The van der Waals surface area contributed by atoms with Gasteiger partial charge >= 0.3 is 5.97 Å². The zero-order valence-corrected chi connectivity index (χ0v) is 11.4. The molecular weight excluding hydrogens is 228 g/mol. The Labute approximate surface area is 108 Å². The predicted octanol–water partition coefficient (Wildman–Crippen LogP) is 2.49. The number of nitrogens with zero attached hydrogens (tertiary/aromatic N) is 2. The molecule has 0 aliphatic heterocycles.